The monoisotopic (exact) mass is 683 g/mol. The van der Waals surface area contributed by atoms with Gasteiger partial charge in [-0.25, -0.2) is 0 Å². The van der Waals surface area contributed by atoms with Gasteiger partial charge in [-0.3, -0.25) is 28.8 Å². The first kappa shape index (κ1) is 36.8. The fourth-order valence-electron chi connectivity index (χ4n) is 5.56. The van der Waals surface area contributed by atoms with Gasteiger partial charge in [0.05, 0.1) is 5.52 Å². The molecule has 6 N–H and O–H groups in total. The number of aromatic hydroxyl groups is 1. The molecule has 0 fully saturated rings. The number of hydrogen-bond acceptors (Lipinski definition) is 7. The third-order valence-electron chi connectivity index (χ3n) is 8.01. The molecule has 0 bridgehead atoms. The van der Waals surface area contributed by atoms with Crippen LogP contribution in [0.25, 0.3) is 10.9 Å². The highest BCUT2D eigenvalue weighted by Crippen LogP contribution is 2.27. The van der Waals surface area contributed by atoms with Crippen molar-refractivity contribution < 1.29 is 34.2 Å². The fourth-order valence-corrected chi connectivity index (χ4v) is 5.56. The highest BCUT2D eigenvalue weighted by Gasteiger charge is 2.26. The van der Waals surface area contributed by atoms with Crippen molar-refractivity contribution in [2.45, 2.75) is 51.7 Å². The van der Waals surface area contributed by atoms with E-state index < -0.39 is 59.2 Å². The second-order valence-electron chi connectivity index (χ2n) is 12.4. The second kappa shape index (κ2) is 16.9. The van der Waals surface area contributed by atoms with Crippen molar-refractivity contribution in [3.8, 4) is 5.75 Å². The van der Waals surface area contributed by atoms with E-state index in [1.807, 2.05) is 50.2 Å². The number of amides is 4. The lowest BCUT2D eigenvalue weighted by molar-refractivity contribution is -0.135. The molecule has 2 atom stereocenters. The Morgan fingerprint density at radius 1 is 0.820 bits per heavy atom. The quantitative estimate of drug-likeness (QED) is 0.110. The van der Waals surface area contributed by atoms with Gasteiger partial charge in [0.15, 0.2) is 0 Å². The second-order valence-corrected chi connectivity index (χ2v) is 12.4. The molecule has 0 unspecified atom stereocenters. The summed E-state index contributed by atoms with van der Waals surface area (Å²) in [6, 6.07) is 21.4. The van der Waals surface area contributed by atoms with Gasteiger partial charge in [-0.15, -0.1) is 0 Å². The van der Waals surface area contributed by atoms with E-state index in [9.17, 15) is 33.9 Å². The van der Waals surface area contributed by atoms with Crippen LogP contribution >= 0.6 is 0 Å². The minimum absolute atomic E-state index is 0.00811. The Balaban J connectivity index is 1.48. The summed E-state index contributed by atoms with van der Waals surface area (Å²) in [7, 11) is 1.41. The van der Waals surface area contributed by atoms with E-state index in [4.69, 9.17) is 5.11 Å². The van der Waals surface area contributed by atoms with Crippen LogP contribution in [-0.4, -0.2) is 63.0 Å². The van der Waals surface area contributed by atoms with Crippen molar-refractivity contribution in [2.75, 3.05) is 6.54 Å². The van der Waals surface area contributed by atoms with Gasteiger partial charge in [0.2, 0.25) is 11.8 Å². The number of hydrogen-bond donors (Lipinski definition) is 6. The Labute approximate surface area is 288 Å². The number of benzene rings is 3. The van der Waals surface area contributed by atoms with Crippen molar-refractivity contribution in [1.82, 2.24) is 25.8 Å². The number of carbonyl (C=O) groups excluding carboxylic acids is 4. The number of nitrogens with one attached hydrogen (secondary N) is 4. The number of pyridine rings is 1. The van der Waals surface area contributed by atoms with Gasteiger partial charge in [0.1, 0.15) is 23.9 Å². The molecule has 50 heavy (non-hydrogen) atoms. The standard InChI is InChI=1S/C37H41N5O8/c1-22(2)16-28(41-30(43)19-26(17-23-10-6-4-7-11-23)40-34(47)25-12-8-5-9-13-25)35(48)38-20-24-14-15-29-27(18-24)33(46)32(37(50)42(29)3)36(49)39-21-31(44)45/h4-15,18,22,26,28,46H,16-17,19-21H2,1-3H3,(H,38,48)(H,39,49)(H,40,47)(H,41,43)(H,44,45)/t26-,28-/m0/s1. The van der Waals surface area contributed by atoms with Gasteiger partial charge in [0, 0.05) is 37.0 Å². The Kier molecular flexibility index (Phi) is 12.5. The number of aromatic nitrogens is 1. The van der Waals surface area contributed by atoms with E-state index in [1.165, 1.54) is 13.1 Å². The van der Waals surface area contributed by atoms with E-state index in [-0.39, 0.29) is 30.2 Å². The maximum Gasteiger partial charge on any atom is 0.322 e. The maximum absolute atomic E-state index is 13.4. The zero-order valence-corrected chi connectivity index (χ0v) is 28.1. The fraction of sp³-hybridized carbons (Fsp3) is 0.297. The number of rotatable bonds is 15. The molecule has 0 saturated carbocycles. The lowest BCUT2D eigenvalue weighted by atomic mass is 10.00. The van der Waals surface area contributed by atoms with E-state index in [1.54, 1.807) is 36.4 Å². The van der Waals surface area contributed by atoms with Crippen LogP contribution in [0.2, 0.25) is 0 Å². The molecule has 0 saturated heterocycles. The minimum atomic E-state index is -1.32. The van der Waals surface area contributed by atoms with Gasteiger partial charge >= 0.3 is 5.97 Å². The summed E-state index contributed by atoms with van der Waals surface area (Å²) in [4.78, 5) is 76.0. The van der Waals surface area contributed by atoms with E-state index in [0.29, 0.717) is 29.5 Å². The first-order chi connectivity index (χ1) is 23.8. The summed E-state index contributed by atoms with van der Waals surface area (Å²) in [6.45, 7) is 3.10. The van der Waals surface area contributed by atoms with Crippen LogP contribution in [0.3, 0.4) is 0 Å². The molecule has 4 rings (SSSR count). The number of carboxylic acid groups (broad SMARTS) is 1. The lowest BCUT2D eigenvalue weighted by Crippen LogP contribution is -2.49. The van der Waals surface area contributed by atoms with Crippen molar-refractivity contribution in [3.63, 3.8) is 0 Å². The summed E-state index contributed by atoms with van der Waals surface area (Å²) >= 11 is 0. The lowest BCUT2D eigenvalue weighted by Gasteiger charge is -2.23. The predicted octanol–water partition coefficient (Wildman–Crippen LogP) is 2.64. The summed E-state index contributed by atoms with van der Waals surface area (Å²) in [5.74, 6) is -4.09. The first-order valence-electron chi connectivity index (χ1n) is 16.2. The summed E-state index contributed by atoms with van der Waals surface area (Å²) in [6.07, 6.45) is 0.671. The van der Waals surface area contributed by atoms with Crippen LogP contribution in [0.4, 0.5) is 0 Å². The van der Waals surface area contributed by atoms with Gasteiger partial charge in [0.25, 0.3) is 17.4 Å². The van der Waals surface area contributed by atoms with Crippen molar-refractivity contribution in [3.05, 3.63) is 111 Å². The van der Waals surface area contributed by atoms with Crippen LogP contribution < -0.4 is 26.8 Å². The average molecular weight is 684 g/mol. The first-order valence-corrected chi connectivity index (χ1v) is 16.2. The molecule has 1 aromatic heterocycles. The number of aliphatic carboxylic acids is 1. The predicted molar refractivity (Wildman–Crippen MR) is 187 cm³/mol. The Morgan fingerprint density at radius 2 is 1.48 bits per heavy atom. The average Bonchev–Trinajstić information content (AvgIpc) is 3.09. The SMILES string of the molecule is CC(C)C[C@H](NC(=O)C[C@H](Cc1ccccc1)NC(=O)c1ccccc1)C(=O)NCc1ccc2c(c1)c(O)c(C(=O)NCC(=O)O)c(=O)n2C. The van der Waals surface area contributed by atoms with Gasteiger partial charge in [-0.05, 0) is 54.2 Å². The zero-order chi connectivity index (χ0) is 36.4. The minimum Gasteiger partial charge on any atom is -0.506 e. The van der Waals surface area contributed by atoms with Crippen molar-refractivity contribution >= 4 is 40.5 Å². The molecule has 4 aromatic rings. The van der Waals surface area contributed by atoms with Crippen molar-refractivity contribution in [2.24, 2.45) is 13.0 Å². The molecule has 0 aliphatic rings. The molecule has 0 aliphatic carbocycles. The smallest absolute Gasteiger partial charge is 0.322 e. The van der Waals surface area contributed by atoms with Gasteiger partial charge < -0.3 is 36.0 Å². The Hall–Kier alpha value is -5.98. The Morgan fingerprint density at radius 3 is 2.12 bits per heavy atom. The molecular formula is C37H41N5O8. The number of aryl methyl sites for hydroxylation is 1. The van der Waals surface area contributed by atoms with Crippen LogP contribution in [0, 0.1) is 5.92 Å². The molecule has 0 radical (unpaired) electrons. The molecule has 0 aliphatic heterocycles. The largest absolute Gasteiger partial charge is 0.506 e. The van der Waals surface area contributed by atoms with E-state index in [0.717, 1.165) is 10.1 Å². The Bertz CT molecular complexity index is 1930. The highest BCUT2D eigenvalue weighted by atomic mass is 16.4. The van der Waals surface area contributed by atoms with Crippen LogP contribution in [-0.2, 0) is 34.4 Å². The summed E-state index contributed by atoms with van der Waals surface area (Å²) in [5, 5.41) is 30.6. The maximum atomic E-state index is 13.4. The third kappa shape index (κ3) is 9.78. The topological polar surface area (TPSA) is 196 Å². The zero-order valence-electron chi connectivity index (χ0n) is 28.1. The molecule has 262 valence electrons. The normalized spacial score (nSPS) is 12.2. The van der Waals surface area contributed by atoms with Crippen LogP contribution in [0.5, 0.6) is 5.75 Å². The number of fused-ring (bicyclic) bond motifs is 1. The van der Waals surface area contributed by atoms with Gasteiger partial charge in [-0.2, -0.15) is 0 Å². The van der Waals surface area contributed by atoms with Crippen molar-refractivity contribution in [1.29, 1.82) is 0 Å². The van der Waals surface area contributed by atoms with Gasteiger partial charge in [-0.1, -0.05) is 68.4 Å². The number of nitrogens with zero attached hydrogens (tertiary/aromatic N) is 1. The third-order valence-corrected chi connectivity index (χ3v) is 8.01. The molecule has 13 heteroatoms. The molecule has 0 spiro atoms. The highest BCUT2D eigenvalue weighted by molar-refractivity contribution is 6.03. The van der Waals surface area contributed by atoms with Crippen LogP contribution in [0.1, 0.15) is 58.5 Å². The molecule has 1 heterocycles. The molecule has 13 nitrogen and oxygen atoms in total. The molecule has 3 aromatic carbocycles. The molecular weight excluding hydrogens is 642 g/mol. The summed E-state index contributed by atoms with van der Waals surface area (Å²) < 4.78 is 1.16. The van der Waals surface area contributed by atoms with E-state index in [2.05, 4.69) is 21.3 Å². The summed E-state index contributed by atoms with van der Waals surface area (Å²) in [5.41, 5.74) is 0.823. The number of carbonyl (C=O) groups is 5. The van der Waals surface area contributed by atoms with Crippen LogP contribution in [0.15, 0.2) is 83.7 Å². The van der Waals surface area contributed by atoms with E-state index >= 15 is 0 Å². The number of carboxylic acids is 1. The molecule has 4 amide bonds.